The molecular weight excluding hydrogens is 376 g/mol. The van der Waals surface area contributed by atoms with Crippen molar-refractivity contribution < 1.29 is 4.79 Å². The van der Waals surface area contributed by atoms with E-state index in [2.05, 4.69) is 25.6 Å². The number of H-pyrrole nitrogens is 1. The summed E-state index contributed by atoms with van der Waals surface area (Å²) in [6, 6.07) is 16.7. The van der Waals surface area contributed by atoms with Crippen molar-refractivity contribution in [2.75, 3.05) is 11.1 Å². The number of carbonyl (C=O) groups is 1. The number of hydrogen-bond acceptors (Lipinski definition) is 6. The Morgan fingerprint density at radius 1 is 1.11 bits per heavy atom. The van der Waals surface area contributed by atoms with E-state index in [-0.39, 0.29) is 28.7 Å². The fourth-order valence-corrected chi connectivity index (χ4v) is 3.32. The number of nitrogens with zero attached hydrogens (tertiary/aromatic N) is 4. The zero-order valence-electron chi connectivity index (χ0n) is 14.9. The third kappa shape index (κ3) is 3.65. The summed E-state index contributed by atoms with van der Waals surface area (Å²) in [6.45, 7) is 1.93. The lowest BCUT2D eigenvalue weighted by atomic mass is 10.2. The van der Waals surface area contributed by atoms with Gasteiger partial charge in [-0.3, -0.25) is 14.6 Å². The Bertz CT molecular complexity index is 1200. The van der Waals surface area contributed by atoms with Crippen LogP contribution >= 0.6 is 11.8 Å². The number of hydrogen-bond donors (Lipinski definition) is 2. The molecule has 0 fully saturated rings. The molecule has 0 saturated heterocycles. The van der Waals surface area contributed by atoms with Crippen molar-refractivity contribution >= 4 is 29.1 Å². The maximum Gasteiger partial charge on any atom is 0.279 e. The lowest BCUT2D eigenvalue weighted by molar-refractivity contribution is -0.113. The summed E-state index contributed by atoms with van der Waals surface area (Å²) in [4.78, 5) is 27.2. The fourth-order valence-electron chi connectivity index (χ4n) is 2.64. The van der Waals surface area contributed by atoms with Gasteiger partial charge >= 0.3 is 0 Å². The van der Waals surface area contributed by atoms with E-state index in [1.807, 2.05) is 49.4 Å². The predicted molar refractivity (Wildman–Crippen MR) is 107 cm³/mol. The van der Waals surface area contributed by atoms with Crippen LogP contribution in [0.3, 0.4) is 0 Å². The molecule has 2 aromatic heterocycles. The Morgan fingerprint density at radius 2 is 1.86 bits per heavy atom. The van der Waals surface area contributed by atoms with Gasteiger partial charge in [-0.1, -0.05) is 60.3 Å². The van der Waals surface area contributed by atoms with E-state index in [0.29, 0.717) is 10.7 Å². The van der Waals surface area contributed by atoms with Gasteiger partial charge < -0.3 is 5.32 Å². The van der Waals surface area contributed by atoms with Crippen molar-refractivity contribution in [3.8, 4) is 11.3 Å². The maximum atomic E-state index is 12.3. The van der Waals surface area contributed by atoms with Crippen molar-refractivity contribution in [3.63, 3.8) is 0 Å². The van der Waals surface area contributed by atoms with Gasteiger partial charge in [0, 0.05) is 11.3 Å². The summed E-state index contributed by atoms with van der Waals surface area (Å²) in [6.07, 6.45) is 0. The highest BCUT2D eigenvalue weighted by Gasteiger charge is 2.14. The average molecular weight is 392 g/mol. The monoisotopic (exact) mass is 392 g/mol. The third-order valence-electron chi connectivity index (χ3n) is 4.05. The molecule has 0 aliphatic carbocycles. The van der Waals surface area contributed by atoms with E-state index in [4.69, 9.17) is 0 Å². The molecule has 0 aliphatic heterocycles. The number of amides is 1. The first-order valence-electron chi connectivity index (χ1n) is 8.51. The van der Waals surface area contributed by atoms with Crippen LogP contribution < -0.4 is 10.9 Å². The van der Waals surface area contributed by atoms with Crippen LogP contribution in [0.5, 0.6) is 0 Å². The number of benzene rings is 2. The van der Waals surface area contributed by atoms with Crippen LogP contribution in [-0.4, -0.2) is 36.5 Å². The van der Waals surface area contributed by atoms with Gasteiger partial charge in [0.25, 0.3) is 11.3 Å². The van der Waals surface area contributed by atoms with Crippen molar-refractivity contribution in [1.82, 2.24) is 24.8 Å². The van der Waals surface area contributed by atoms with E-state index in [9.17, 15) is 9.59 Å². The highest BCUT2D eigenvalue weighted by molar-refractivity contribution is 7.99. The second-order valence-corrected chi connectivity index (χ2v) is 6.98. The van der Waals surface area contributed by atoms with Crippen LogP contribution in [0.4, 0.5) is 5.69 Å². The van der Waals surface area contributed by atoms with E-state index in [1.54, 1.807) is 12.1 Å². The molecule has 4 aromatic rings. The number of aromatic amines is 1. The Hall–Kier alpha value is -3.46. The molecule has 0 saturated carbocycles. The molecule has 140 valence electrons. The molecule has 8 nitrogen and oxygen atoms in total. The van der Waals surface area contributed by atoms with Gasteiger partial charge in [0.05, 0.1) is 5.75 Å². The highest BCUT2D eigenvalue weighted by atomic mass is 32.2. The summed E-state index contributed by atoms with van der Waals surface area (Å²) in [5.74, 6) is 0.201. The van der Waals surface area contributed by atoms with Gasteiger partial charge in [0.2, 0.25) is 11.1 Å². The summed E-state index contributed by atoms with van der Waals surface area (Å²) < 4.78 is 1.44. The molecular formula is C19H16N6O2S. The normalized spacial score (nSPS) is 10.9. The van der Waals surface area contributed by atoms with Gasteiger partial charge in [-0.15, -0.1) is 10.2 Å². The SMILES string of the molecule is Cc1ccccc1NC(=O)CSc1nnc2[nH]c(=O)c(-c3ccccc3)nn12. The van der Waals surface area contributed by atoms with E-state index in [0.717, 1.165) is 11.3 Å². The van der Waals surface area contributed by atoms with Crippen LogP contribution in [0.15, 0.2) is 64.5 Å². The molecule has 28 heavy (non-hydrogen) atoms. The molecule has 9 heteroatoms. The van der Waals surface area contributed by atoms with Crippen molar-refractivity contribution in [1.29, 1.82) is 0 Å². The largest absolute Gasteiger partial charge is 0.325 e. The minimum Gasteiger partial charge on any atom is -0.325 e. The third-order valence-corrected chi connectivity index (χ3v) is 4.97. The van der Waals surface area contributed by atoms with Crippen LogP contribution in [0.2, 0.25) is 0 Å². The lowest BCUT2D eigenvalue weighted by Gasteiger charge is -2.07. The van der Waals surface area contributed by atoms with Gasteiger partial charge in [-0.05, 0) is 18.6 Å². The molecule has 0 spiro atoms. The first-order valence-corrected chi connectivity index (χ1v) is 9.50. The van der Waals surface area contributed by atoms with Crippen molar-refractivity contribution in [2.45, 2.75) is 12.1 Å². The van der Waals surface area contributed by atoms with Crippen molar-refractivity contribution in [3.05, 3.63) is 70.5 Å². The van der Waals surface area contributed by atoms with Crippen LogP contribution in [-0.2, 0) is 4.79 Å². The fraction of sp³-hybridized carbons (Fsp3) is 0.105. The van der Waals surface area contributed by atoms with Gasteiger partial charge in [0.15, 0.2) is 5.69 Å². The number of anilines is 1. The molecule has 4 rings (SSSR count). The number of para-hydroxylation sites is 1. The quantitative estimate of drug-likeness (QED) is 0.506. The molecule has 0 atom stereocenters. The Balaban J connectivity index is 1.55. The van der Waals surface area contributed by atoms with Gasteiger partial charge in [0.1, 0.15) is 0 Å². The molecule has 0 aliphatic rings. The summed E-state index contributed by atoms with van der Waals surface area (Å²) in [5, 5.41) is 15.6. The number of nitrogens with one attached hydrogen (secondary N) is 2. The minimum atomic E-state index is -0.347. The van der Waals surface area contributed by atoms with Gasteiger partial charge in [-0.25, -0.2) is 0 Å². The standard InChI is InChI=1S/C19H16N6O2S/c1-12-7-5-6-10-14(12)20-15(26)11-28-19-23-22-18-21-17(27)16(24-25(18)19)13-8-3-2-4-9-13/h2-10H,11H2,1H3,(H,20,26)(H,21,22,27). The molecule has 2 N–H and O–H groups in total. The Morgan fingerprint density at radius 3 is 2.64 bits per heavy atom. The first-order chi connectivity index (χ1) is 13.6. The van der Waals surface area contributed by atoms with E-state index >= 15 is 0 Å². The first kappa shape index (κ1) is 17.9. The molecule has 2 aromatic carbocycles. The summed E-state index contributed by atoms with van der Waals surface area (Å²) in [5.41, 5.74) is 2.36. The lowest BCUT2D eigenvalue weighted by Crippen LogP contribution is -2.17. The molecule has 1 amide bonds. The number of aromatic nitrogens is 5. The van der Waals surface area contributed by atoms with E-state index in [1.165, 1.54) is 16.3 Å². The zero-order valence-corrected chi connectivity index (χ0v) is 15.7. The Kier molecular flexibility index (Phi) is 4.90. The topological polar surface area (TPSA) is 105 Å². The summed E-state index contributed by atoms with van der Waals surface area (Å²) in [7, 11) is 0. The zero-order chi connectivity index (χ0) is 19.5. The Labute approximate surface area is 164 Å². The minimum absolute atomic E-state index is 0.136. The molecule has 0 bridgehead atoms. The van der Waals surface area contributed by atoms with Gasteiger partial charge in [-0.2, -0.15) is 9.61 Å². The van der Waals surface area contributed by atoms with Crippen LogP contribution in [0.25, 0.3) is 17.0 Å². The number of fused-ring (bicyclic) bond motifs is 1. The summed E-state index contributed by atoms with van der Waals surface area (Å²) >= 11 is 1.19. The average Bonchev–Trinajstić information content (AvgIpc) is 3.10. The smallest absolute Gasteiger partial charge is 0.279 e. The van der Waals surface area contributed by atoms with Crippen LogP contribution in [0.1, 0.15) is 5.56 Å². The number of rotatable bonds is 5. The van der Waals surface area contributed by atoms with Crippen molar-refractivity contribution in [2.24, 2.45) is 0 Å². The highest BCUT2D eigenvalue weighted by Crippen LogP contribution is 2.18. The number of aryl methyl sites for hydroxylation is 1. The second-order valence-electron chi connectivity index (χ2n) is 6.04. The van der Waals surface area contributed by atoms with Crippen LogP contribution in [0, 0.1) is 6.92 Å². The number of thioether (sulfide) groups is 1. The second kappa shape index (κ2) is 7.65. The molecule has 2 heterocycles. The predicted octanol–water partition coefficient (Wildman–Crippen LogP) is 2.52. The van der Waals surface area contributed by atoms with E-state index < -0.39 is 0 Å². The molecule has 0 radical (unpaired) electrons. The number of carbonyl (C=O) groups excluding carboxylic acids is 1. The molecule has 0 unspecified atom stereocenters. The maximum absolute atomic E-state index is 12.3.